The van der Waals surface area contributed by atoms with E-state index in [0.29, 0.717) is 11.3 Å². The van der Waals surface area contributed by atoms with Crippen LogP contribution in [-0.4, -0.2) is 23.9 Å². The molecule has 0 saturated carbocycles. The standard InChI is InChI=1S/C19H18F3N5O2/c1-25-18(24)27-17(28)15-8-12-13(19(20,21)22)6-11(7-14(12)26-15)29-16-5-3-2-4-10(16)9-23/h2-8,26H,9,23H2,1H3,(H3,24,25,27,28). The summed E-state index contributed by atoms with van der Waals surface area (Å²) >= 11 is 0. The molecule has 1 heterocycles. The van der Waals surface area contributed by atoms with Crippen molar-refractivity contribution in [2.75, 3.05) is 7.05 Å². The Kier molecular flexibility index (Phi) is 5.46. The molecule has 0 aliphatic rings. The van der Waals surface area contributed by atoms with Gasteiger partial charge in [-0.05, 0) is 18.2 Å². The molecule has 3 rings (SSSR count). The molecule has 3 aromatic rings. The Morgan fingerprint density at radius 1 is 1.24 bits per heavy atom. The predicted molar refractivity (Wildman–Crippen MR) is 103 cm³/mol. The number of halogens is 3. The molecule has 29 heavy (non-hydrogen) atoms. The van der Waals surface area contributed by atoms with Crippen molar-refractivity contribution >= 4 is 22.8 Å². The number of hydrogen-bond acceptors (Lipinski definition) is 4. The van der Waals surface area contributed by atoms with Crippen molar-refractivity contribution in [1.82, 2.24) is 10.3 Å². The summed E-state index contributed by atoms with van der Waals surface area (Å²) in [6, 6.07) is 10.1. The van der Waals surface area contributed by atoms with Crippen molar-refractivity contribution in [2.45, 2.75) is 12.7 Å². The van der Waals surface area contributed by atoms with Gasteiger partial charge in [0, 0.05) is 30.6 Å². The third-order valence-electron chi connectivity index (χ3n) is 4.16. The normalized spacial score (nSPS) is 12.2. The number of alkyl halides is 3. The third-order valence-corrected chi connectivity index (χ3v) is 4.16. The van der Waals surface area contributed by atoms with Gasteiger partial charge >= 0.3 is 6.18 Å². The van der Waals surface area contributed by atoms with Gasteiger partial charge in [0.1, 0.15) is 17.2 Å². The number of benzene rings is 2. The van der Waals surface area contributed by atoms with E-state index in [-0.39, 0.29) is 34.9 Å². The van der Waals surface area contributed by atoms with Crippen molar-refractivity contribution in [3.8, 4) is 11.5 Å². The van der Waals surface area contributed by atoms with Crippen molar-refractivity contribution in [1.29, 1.82) is 0 Å². The van der Waals surface area contributed by atoms with Crippen LogP contribution in [0.5, 0.6) is 11.5 Å². The fraction of sp³-hybridized carbons (Fsp3) is 0.158. The second-order valence-corrected chi connectivity index (χ2v) is 6.09. The number of aliphatic imine (C=N–C) groups is 1. The van der Waals surface area contributed by atoms with E-state index in [4.69, 9.17) is 16.2 Å². The SMILES string of the molecule is CN=C(N)NC(=O)c1cc2c(C(F)(F)F)cc(Oc3ccccc3CN)cc2[nH]1. The molecule has 1 amide bonds. The number of carbonyl (C=O) groups is 1. The van der Waals surface area contributed by atoms with Gasteiger partial charge in [-0.1, -0.05) is 18.2 Å². The monoisotopic (exact) mass is 405 g/mol. The van der Waals surface area contributed by atoms with E-state index in [1.807, 2.05) is 0 Å². The fourth-order valence-electron chi connectivity index (χ4n) is 2.77. The summed E-state index contributed by atoms with van der Waals surface area (Å²) in [5.74, 6) is -0.575. The van der Waals surface area contributed by atoms with Gasteiger partial charge in [-0.2, -0.15) is 13.2 Å². The quantitative estimate of drug-likeness (QED) is 0.394. The van der Waals surface area contributed by atoms with E-state index < -0.39 is 17.6 Å². The van der Waals surface area contributed by atoms with Crippen molar-refractivity contribution in [2.24, 2.45) is 16.5 Å². The fourth-order valence-corrected chi connectivity index (χ4v) is 2.77. The van der Waals surface area contributed by atoms with E-state index in [1.165, 1.54) is 13.1 Å². The van der Waals surface area contributed by atoms with Gasteiger partial charge in [0.2, 0.25) is 0 Å². The van der Waals surface area contributed by atoms with E-state index in [0.717, 1.165) is 12.1 Å². The molecule has 0 unspecified atom stereocenters. The summed E-state index contributed by atoms with van der Waals surface area (Å²) in [5.41, 5.74) is 10.8. The van der Waals surface area contributed by atoms with Gasteiger partial charge in [0.15, 0.2) is 5.96 Å². The number of nitrogens with two attached hydrogens (primary N) is 2. The highest BCUT2D eigenvalue weighted by Gasteiger charge is 2.34. The van der Waals surface area contributed by atoms with Gasteiger partial charge in [-0.3, -0.25) is 15.1 Å². The zero-order valence-corrected chi connectivity index (χ0v) is 15.3. The highest BCUT2D eigenvalue weighted by Crippen LogP contribution is 2.39. The molecule has 0 aliphatic heterocycles. The van der Waals surface area contributed by atoms with Crippen molar-refractivity contribution in [3.05, 3.63) is 59.3 Å². The number of para-hydroxylation sites is 1. The summed E-state index contributed by atoms with van der Waals surface area (Å²) in [6.45, 7) is 0.164. The van der Waals surface area contributed by atoms with E-state index >= 15 is 0 Å². The lowest BCUT2D eigenvalue weighted by Gasteiger charge is -2.13. The largest absolute Gasteiger partial charge is 0.457 e. The van der Waals surface area contributed by atoms with Crippen LogP contribution in [0, 0.1) is 0 Å². The third kappa shape index (κ3) is 4.32. The molecule has 0 aliphatic carbocycles. The molecule has 152 valence electrons. The number of ether oxygens (including phenoxy) is 1. The minimum atomic E-state index is -4.66. The van der Waals surface area contributed by atoms with Crippen LogP contribution in [0.25, 0.3) is 10.9 Å². The van der Waals surface area contributed by atoms with Gasteiger partial charge in [-0.15, -0.1) is 0 Å². The first-order valence-corrected chi connectivity index (χ1v) is 8.46. The summed E-state index contributed by atoms with van der Waals surface area (Å²) < 4.78 is 46.5. The molecule has 6 N–H and O–H groups in total. The number of carbonyl (C=O) groups excluding carboxylic acids is 1. The van der Waals surface area contributed by atoms with Gasteiger partial charge in [0.25, 0.3) is 5.91 Å². The van der Waals surface area contributed by atoms with Crippen LogP contribution in [0.3, 0.4) is 0 Å². The molecule has 0 spiro atoms. The lowest BCUT2D eigenvalue weighted by molar-refractivity contribution is -0.136. The molecular formula is C19H18F3N5O2. The lowest BCUT2D eigenvalue weighted by Crippen LogP contribution is -2.36. The molecule has 10 heteroatoms. The Labute approximate surface area is 163 Å². The number of guanidine groups is 1. The van der Waals surface area contributed by atoms with Gasteiger partial charge in [-0.25, -0.2) is 0 Å². The summed E-state index contributed by atoms with van der Waals surface area (Å²) in [7, 11) is 1.37. The number of nitrogens with zero attached hydrogens (tertiary/aromatic N) is 1. The Morgan fingerprint density at radius 2 is 1.97 bits per heavy atom. The minimum absolute atomic E-state index is 0.0471. The Bertz CT molecular complexity index is 1090. The van der Waals surface area contributed by atoms with Crippen molar-refractivity contribution < 1.29 is 22.7 Å². The maximum absolute atomic E-state index is 13.6. The van der Waals surface area contributed by atoms with E-state index in [9.17, 15) is 18.0 Å². The number of rotatable bonds is 4. The minimum Gasteiger partial charge on any atom is -0.457 e. The molecule has 0 saturated heterocycles. The number of aromatic nitrogens is 1. The Morgan fingerprint density at radius 3 is 2.62 bits per heavy atom. The second-order valence-electron chi connectivity index (χ2n) is 6.09. The number of hydrogen-bond donors (Lipinski definition) is 4. The maximum Gasteiger partial charge on any atom is 0.417 e. The molecule has 2 aromatic carbocycles. The smallest absolute Gasteiger partial charge is 0.417 e. The number of amides is 1. The molecule has 0 atom stereocenters. The average Bonchev–Trinajstić information content (AvgIpc) is 3.11. The van der Waals surface area contributed by atoms with Crippen LogP contribution in [0.4, 0.5) is 13.2 Å². The van der Waals surface area contributed by atoms with Crippen LogP contribution in [0.1, 0.15) is 21.6 Å². The topological polar surface area (TPSA) is 119 Å². The first-order chi connectivity index (χ1) is 13.7. The average molecular weight is 405 g/mol. The van der Waals surface area contributed by atoms with Crippen LogP contribution < -0.4 is 21.5 Å². The highest BCUT2D eigenvalue weighted by atomic mass is 19.4. The zero-order chi connectivity index (χ0) is 21.2. The van der Waals surface area contributed by atoms with Crippen LogP contribution >= 0.6 is 0 Å². The summed E-state index contributed by atoms with van der Waals surface area (Å²) in [6.07, 6.45) is -4.66. The Hall–Kier alpha value is -3.53. The molecular weight excluding hydrogens is 387 g/mol. The predicted octanol–water partition coefficient (Wildman–Crippen LogP) is 3.11. The first-order valence-electron chi connectivity index (χ1n) is 8.46. The molecule has 0 bridgehead atoms. The number of H-pyrrole nitrogens is 1. The zero-order valence-electron chi connectivity index (χ0n) is 15.3. The number of aromatic amines is 1. The number of fused-ring (bicyclic) bond motifs is 1. The van der Waals surface area contributed by atoms with Crippen LogP contribution in [0.15, 0.2) is 47.5 Å². The summed E-state index contributed by atoms with van der Waals surface area (Å²) in [5, 5.41) is 2.09. The maximum atomic E-state index is 13.6. The van der Waals surface area contributed by atoms with Crippen molar-refractivity contribution in [3.63, 3.8) is 0 Å². The molecule has 0 fully saturated rings. The summed E-state index contributed by atoms with van der Waals surface area (Å²) in [4.78, 5) is 18.4. The molecule has 0 radical (unpaired) electrons. The molecule has 1 aromatic heterocycles. The lowest BCUT2D eigenvalue weighted by atomic mass is 10.1. The van der Waals surface area contributed by atoms with Gasteiger partial charge < -0.3 is 21.2 Å². The molecule has 7 nitrogen and oxygen atoms in total. The highest BCUT2D eigenvalue weighted by molar-refractivity contribution is 6.07. The van der Waals surface area contributed by atoms with Crippen LogP contribution in [0.2, 0.25) is 0 Å². The van der Waals surface area contributed by atoms with E-state index in [2.05, 4.69) is 15.3 Å². The number of nitrogens with one attached hydrogen (secondary N) is 2. The Balaban J connectivity index is 2.08. The second kappa shape index (κ2) is 7.84. The van der Waals surface area contributed by atoms with Gasteiger partial charge in [0.05, 0.1) is 11.1 Å². The van der Waals surface area contributed by atoms with Crippen LogP contribution in [-0.2, 0) is 12.7 Å². The van der Waals surface area contributed by atoms with E-state index in [1.54, 1.807) is 24.3 Å². The first kappa shape index (κ1) is 20.2.